The van der Waals surface area contributed by atoms with E-state index < -0.39 is 0 Å². The van der Waals surface area contributed by atoms with Crippen molar-refractivity contribution < 1.29 is 9.53 Å². The molecule has 0 spiro atoms. The topological polar surface area (TPSA) is 42.4 Å². The Hall–Kier alpha value is -1.88. The Morgan fingerprint density at radius 1 is 1.33 bits per heavy atom. The van der Waals surface area contributed by atoms with Crippen molar-refractivity contribution in [3.63, 3.8) is 0 Å². The maximum atomic E-state index is 13.2. The van der Waals surface area contributed by atoms with E-state index in [1.54, 1.807) is 11.3 Å². The molecule has 4 nitrogen and oxygen atoms in total. The van der Waals surface area contributed by atoms with Crippen molar-refractivity contribution in [2.75, 3.05) is 13.2 Å². The van der Waals surface area contributed by atoms with Gasteiger partial charge in [-0.15, -0.1) is 11.3 Å². The van der Waals surface area contributed by atoms with Gasteiger partial charge in [-0.1, -0.05) is 18.2 Å². The number of benzene rings is 1. The van der Waals surface area contributed by atoms with Crippen LogP contribution in [0.25, 0.3) is 0 Å². The lowest BCUT2D eigenvalue weighted by Crippen LogP contribution is -2.44. The van der Waals surface area contributed by atoms with Gasteiger partial charge in [-0.3, -0.25) is 4.79 Å². The number of thiazole rings is 1. The molecule has 2 atom stereocenters. The van der Waals surface area contributed by atoms with Crippen molar-refractivity contribution in [3.8, 4) is 5.75 Å². The highest BCUT2D eigenvalue weighted by Gasteiger charge is 2.35. The SMILES string of the molecule is Cc1csc([C@H]2CCCCN2C(=O)[C@H]2COc3ccccc3C2)n1. The molecule has 0 aliphatic carbocycles. The first-order valence-electron chi connectivity index (χ1n) is 8.65. The summed E-state index contributed by atoms with van der Waals surface area (Å²) in [5.74, 6) is 1.07. The highest BCUT2D eigenvalue weighted by molar-refractivity contribution is 7.09. The van der Waals surface area contributed by atoms with Gasteiger partial charge in [0, 0.05) is 17.6 Å². The van der Waals surface area contributed by atoms with Crippen LogP contribution in [0.2, 0.25) is 0 Å². The molecule has 24 heavy (non-hydrogen) atoms. The normalized spacial score (nSPS) is 23.5. The van der Waals surface area contributed by atoms with Gasteiger partial charge in [0.25, 0.3) is 0 Å². The molecule has 1 aromatic heterocycles. The number of ether oxygens (including phenoxy) is 1. The second kappa shape index (κ2) is 6.55. The summed E-state index contributed by atoms with van der Waals surface area (Å²) < 4.78 is 5.83. The van der Waals surface area contributed by atoms with Crippen LogP contribution in [0.5, 0.6) is 5.75 Å². The molecule has 5 heteroatoms. The fourth-order valence-corrected chi connectivity index (χ4v) is 4.64. The number of aromatic nitrogens is 1. The van der Waals surface area contributed by atoms with E-state index in [2.05, 4.69) is 21.3 Å². The van der Waals surface area contributed by atoms with E-state index in [4.69, 9.17) is 4.74 Å². The van der Waals surface area contributed by atoms with E-state index in [0.29, 0.717) is 6.61 Å². The summed E-state index contributed by atoms with van der Waals surface area (Å²) in [5.41, 5.74) is 2.18. The molecule has 0 radical (unpaired) electrons. The minimum Gasteiger partial charge on any atom is -0.492 e. The van der Waals surface area contributed by atoms with Gasteiger partial charge in [0.1, 0.15) is 17.4 Å². The number of fused-ring (bicyclic) bond motifs is 1. The van der Waals surface area contributed by atoms with Gasteiger partial charge in [0.15, 0.2) is 0 Å². The summed E-state index contributed by atoms with van der Waals surface area (Å²) in [7, 11) is 0. The Bertz CT molecular complexity index is 742. The maximum Gasteiger partial charge on any atom is 0.230 e. The third-order valence-electron chi connectivity index (χ3n) is 4.94. The standard InChI is InChI=1S/C19H22N2O2S/c1-13-12-24-18(20-13)16-7-4-5-9-21(16)19(22)15-10-14-6-2-3-8-17(14)23-11-15/h2-3,6,8,12,15-16H,4-5,7,9-11H2,1H3/t15-,16-/m1/s1. The predicted molar refractivity (Wildman–Crippen MR) is 94.3 cm³/mol. The van der Waals surface area contributed by atoms with Crippen LogP contribution in [0.4, 0.5) is 0 Å². The lowest BCUT2D eigenvalue weighted by atomic mass is 9.93. The first kappa shape index (κ1) is 15.6. The van der Waals surface area contributed by atoms with Crippen LogP contribution in [0.3, 0.4) is 0 Å². The number of likely N-dealkylation sites (tertiary alicyclic amines) is 1. The first-order valence-corrected chi connectivity index (χ1v) is 9.53. The molecule has 4 rings (SSSR count). The molecule has 0 N–H and O–H groups in total. The van der Waals surface area contributed by atoms with Gasteiger partial charge in [-0.25, -0.2) is 4.98 Å². The van der Waals surface area contributed by atoms with Gasteiger partial charge < -0.3 is 9.64 Å². The number of amides is 1. The largest absolute Gasteiger partial charge is 0.492 e. The van der Waals surface area contributed by atoms with Crippen molar-refractivity contribution >= 4 is 17.2 Å². The summed E-state index contributed by atoms with van der Waals surface area (Å²) in [6.07, 6.45) is 4.03. The number of carbonyl (C=O) groups excluding carboxylic acids is 1. The quantitative estimate of drug-likeness (QED) is 0.834. The van der Waals surface area contributed by atoms with Gasteiger partial charge in [-0.05, 0) is 44.2 Å². The summed E-state index contributed by atoms with van der Waals surface area (Å²) in [6, 6.07) is 8.18. The Balaban J connectivity index is 1.54. The molecule has 0 bridgehead atoms. The fourth-order valence-electron chi connectivity index (χ4n) is 3.70. The zero-order valence-electron chi connectivity index (χ0n) is 13.9. The van der Waals surface area contributed by atoms with Crippen molar-refractivity contribution in [1.29, 1.82) is 0 Å². The molecule has 2 aliphatic heterocycles. The molecule has 1 fully saturated rings. The van der Waals surface area contributed by atoms with Crippen LogP contribution < -0.4 is 4.74 Å². The number of rotatable bonds is 2. The van der Waals surface area contributed by atoms with Crippen molar-refractivity contribution in [3.05, 3.63) is 45.9 Å². The van der Waals surface area contributed by atoms with Crippen molar-refractivity contribution in [2.45, 2.75) is 38.6 Å². The van der Waals surface area contributed by atoms with E-state index in [-0.39, 0.29) is 17.9 Å². The van der Waals surface area contributed by atoms with Crippen molar-refractivity contribution in [1.82, 2.24) is 9.88 Å². The van der Waals surface area contributed by atoms with E-state index in [1.807, 2.05) is 25.1 Å². The fraction of sp³-hybridized carbons (Fsp3) is 0.474. The van der Waals surface area contributed by atoms with E-state index in [1.165, 1.54) is 0 Å². The van der Waals surface area contributed by atoms with E-state index >= 15 is 0 Å². The average molecular weight is 342 g/mol. The number of hydrogen-bond donors (Lipinski definition) is 0. The predicted octanol–water partition coefficient (Wildman–Crippen LogP) is 3.76. The zero-order valence-corrected chi connectivity index (χ0v) is 14.7. The van der Waals surface area contributed by atoms with Crippen LogP contribution in [0.1, 0.15) is 41.6 Å². The Morgan fingerprint density at radius 2 is 2.21 bits per heavy atom. The lowest BCUT2D eigenvalue weighted by Gasteiger charge is -2.37. The molecule has 126 valence electrons. The molecule has 1 saturated heterocycles. The molecular weight excluding hydrogens is 320 g/mol. The first-order chi connectivity index (χ1) is 11.7. The molecule has 1 aromatic carbocycles. The molecule has 1 amide bonds. The maximum absolute atomic E-state index is 13.2. The summed E-state index contributed by atoms with van der Waals surface area (Å²) in [4.78, 5) is 19.9. The smallest absolute Gasteiger partial charge is 0.230 e. The molecule has 3 heterocycles. The third-order valence-corrected chi connectivity index (χ3v) is 6.00. The third kappa shape index (κ3) is 2.93. The zero-order chi connectivity index (χ0) is 16.5. The number of carbonyl (C=O) groups is 1. The highest BCUT2D eigenvalue weighted by atomic mass is 32.1. The molecular formula is C19H22N2O2S. The molecule has 0 saturated carbocycles. The van der Waals surface area contributed by atoms with E-state index in [0.717, 1.165) is 54.2 Å². The number of aryl methyl sites for hydroxylation is 1. The number of piperidine rings is 1. The van der Waals surface area contributed by atoms with Crippen LogP contribution in [0, 0.1) is 12.8 Å². The second-order valence-corrected chi connectivity index (χ2v) is 7.58. The monoisotopic (exact) mass is 342 g/mol. The Kier molecular flexibility index (Phi) is 4.27. The lowest BCUT2D eigenvalue weighted by molar-refractivity contribution is -0.141. The minimum atomic E-state index is -0.0819. The number of hydrogen-bond acceptors (Lipinski definition) is 4. The summed E-state index contributed by atoms with van der Waals surface area (Å²) in [5, 5.41) is 3.16. The number of para-hydroxylation sites is 1. The Morgan fingerprint density at radius 3 is 3.04 bits per heavy atom. The summed E-state index contributed by atoms with van der Waals surface area (Å²) in [6.45, 7) is 3.33. The van der Waals surface area contributed by atoms with Crippen LogP contribution >= 0.6 is 11.3 Å². The van der Waals surface area contributed by atoms with Crippen LogP contribution in [-0.4, -0.2) is 28.9 Å². The average Bonchev–Trinajstić information content (AvgIpc) is 3.07. The number of nitrogens with zero attached hydrogens (tertiary/aromatic N) is 2. The van der Waals surface area contributed by atoms with Crippen molar-refractivity contribution in [2.24, 2.45) is 5.92 Å². The van der Waals surface area contributed by atoms with Gasteiger partial charge in [0.05, 0.1) is 12.0 Å². The van der Waals surface area contributed by atoms with Gasteiger partial charge in [0.2, 0.25) is 5.91 Å². The molecule has 0 unspecified atom stereocenters. The minimum absolute atomic E-state index is 0.0819. The van der Waals surface area contributed by atoms with Crippen LogP contribution in [-0.2, 0) is 11.2 Å². The van der Waals surface area contributed by atoms with Gasteiger partial charge >= 0.3 is 0 Å². The highest BCUT2D eigenvalue weighted by Crippen LogP contribution is 2.35. The van der Waals surface area contributed by atoms with Gasteiger partial charge in [-0.2, -0.15) is 0 Å². The summed E-state index contributed by atoms with van der Waals surface area (Å²) >= 11 is 1.68. The van der Waals surface area contributed by atoms with Crippen LogP contribution in [0.15, 0.2) is 29.6 Å². The van der Waals surface area contributed by atoms with E-state index in [9.17, 15) is 4.79 Å². The molecule has 2 aromatic rings. The Labute approximate surface area is 146 Å². The second-order valence-electron chi connectivity index (χ2n) is 6.69. The molecule has 2 aliphatic rings.